The molecule has 0 radical (unpaired) electrons. The van der Waals surface area contributed by atoms with Gasteiger partial charge in [-0.1, -0.05) is 36.4 Å². The van der Waals surface area contributed by atoms with Crippen LogP contribution in [0.3, 0.4) is 0 Å². The molecule has 0 unspecified atom stereocenters. The first kappa shape index (κ1) is 15.8. The Hall–Kier alpha value is 1.39. The van der Waals surface area contributed by atoms with Crippen LogP contribution in [-0.2, 0) is 8.26 Å². The van der Waals surface area contributed by atoms with Crippen molar-refractivity contribution in [1.29, 1.82) is 0 Å². The largest absolute Gasteiger partial charge is 1.00 e. The molecule has 12 heavy (non-hydrogen) atoms. The molecule has 6 heteroatoms. The summed E-state index contributed by atoms with van der Waals surface area (Å²) in [6.07, 6.45) is 0. The van der Waals surface area contributed by atoms with Gasteiger partial charge >= 0.3 is 59.6 Å². The van der Waals surface area contributed by atoms with Crippen LogP contribution in [0.4, 0.5) is 0 Å². The van der Waals surface area contributed by atoms with Gasteiger partial charge in [-0.15, -0.1) is 0 Å². The summed E-state index contributed by atoms with van der Waals surface area (Å²) in [5.41, 5.74) is 0. The van der Waals surface area contributed by atoms with Crippen LogP contribution in [0, 0.1) is 0 Å². The first-order valence-electron chi connectivity index (χ1n) is 2.64. The van der Waals surface area contributed by atoms with Gasteiger partial charge in [0.1, 0.15) is 0 Å². The van der Waals surface area contributed by atoms with Crippen LogP contribution >= 0.6 is 21.4 Å². The number of hydrogen-bond donors (Lipinski definition) is 0. The van der Waals surface area contributed by atoms with Crippen molar-refractivity contribution in [3.05, 3.63) is 36.4 Å². The fourth-order valence-corrected chi connectivity index (χ4v) is 0.385. The number of hydrogen-bond acceptors (Lipinski definition) is 2. The van der Waals surface area contributed by atoms with Crippen molar-refractivity contribution in [3.63, 3.8) is 0 Å². The molecule has 0 N–H and O–H groups in total. The molecular formula is C6H7Cl2KO2S. The SMILES string of the molecule is O=S(=O)(Cl)Cl.[H-].[K+].c1ccccc1. The van der Waals surface area contributed by atoms with E-state index in [1.165, 1.54) is 0 Å². The van der Waals surface area contributed by atoms with E-state index in [-0.39, 0.29) is 52.8 Å². The molecular weight excluding hydrogens is 246 g/mol. The number of rotatable bonds is 0. The fraction of sp³-hybridized carbons (Fsp3) is 0. The van der Waals surface area contributed by atoms with Crippen molar-refractivity contribution in [2.75, 3.05) is 0 Å². The summed E-state index contributed by atoms with van der Waals surface area (Å²) < 4.78 is 18.3. The molecule has 0 saturated heterocycles. The summed E-state index contributed by atoms with van der Waals surface area (Å²) >= 11 is 0. The third-order valence-corrected chi connectivity index (χ3v) is 0.667. The third kappa shape index (κ3) is 22.5. The molecule has 1 aromatic rings. The smallest absolute Gasteiger partial charge is 1.00 e. The zero-order valence-corrected chi connectivity index (χ0v) is 11.9. The minimum Gasteiger partial charge on any atom is -1.00 e. The van der Waals surface area contributed by atoms with Gasteiger partial charge < -0.3 is 1.43 Å². The van der Waals surface area contributed by atoms with Crippen molar-refractivity contribution in [1.82, 2.24) is 0 Å². The topological polar surface area (TPSA) is 34.1 Å². The van der Waals surface area contributed by atoms with Crippen LogP contribution in [-0.4, -0.2) is 8.42 Å². The van der Waals surface area contributed by atoms with E-state index in [2.05, 4.69) is 21.4 Å². The van der Waals surface area contributed by atoms with Crippen molar-refractivity contribution in [2.45, 2.75) is 0 Å². The fourth-order valence-electron chi connectivity index (χ4n) is 0.385. The van der Waals surface area contributed by atoms with E-state index in [9.17, 15) is 0 Å². The molecule has 0 amide bonds. The van der Waals surface area contributed by atoms with E-state index in [1.807, 2.05) is 36.4 Å². The molecule has 0 saturated carbocycles. The van der Waals surface area contributed by atoms with Gasteiger partial charge in [-0.2, -0.15) is 8.42 Å². The summed E-state index contributed by atoms with van der Waals surface area (Å²) in [7, 11) is 4.81. The van der Waals surface area contributed by atoms with Crippen molar-refractivity contribution in [2.24, 2.45) is 0 Å². The molecule has 1 aromatic carbocycles. The van der Waals surface area contributed by atoms with E-state index < -0.39 is 8.26 Å². The first-order chi connectivity index (χ1) is 5.00. The van der Waals surface area contributed by atoms with Crippen molar-refractivity contribution < 1.29 is 61.2 Å². The van der Waals surface area contributed by atoms with Gasteiger partial charge in [0.15, 0.2) is 0 Å². The second kappa shape index (κ2) is 8.96. The molecule has 0 aliphatic carbocycles. The van der Waals surface area contributed by atoms with Gasteiger partial charge in [0, 0.05) is 21.4 Å². The number of halogens is 2. The molecule has 0 fully saturated rings. The summed E-state index contributed by atoms with van der Waals surface area (Å²) in [5, 5.41) is 0. The van der Waals surface area contributed by atoms with E-state index in [0.29, 0.717) is 0 Å². The molecule has 64 valence electrons. The summed E-state index contributed by atoms with van der Waals surface area (Å²) in [5.74, 6) is 0. The molecule has 1 rings (SSSR count). The standard InChI is InChI=1S/C6H6.Cl2O2S.K.H/c1-2-4-6-5-3-1;1-5(2,3)4;;/h1-6H;;;/q;;+1;-1. The van der Waals surface area contributed by atoms with Gasteiger partial charge in [-0.3, -0.25) is 0 Å². The Labute approximate surface area is 125 Å². The van der Waals surface area contributed by atoms with Gasteiger partial charge in [0.05, 0.1) is 0 Å². The van der Waals surface area contributed by atoms with Gasteiger partial charge in [-0.25, -0.2) is 0 Å². The molecule has 2 nitrogen and oxygen atoms in total. The Morgan fingerprint density at radius 2 is 0.917 bits per heavy atom. The van der Waals surface area contributed by atoms with Crippen LogP contribution in [0.15, 0.2) is 36.4 Å². The molecule has 0 atom stereocenters. The molecule has 0 aliphatic heterocycles. The van der Waals surface area contributed by atoms with E-state index in [4.69, 9.17) is 8.42 Å². The molecule has 0 spiro atoms. The van der Waals surface area contributed by atoms with Crippen molar-refractivity contribution in [3.8, 4) is 0 Å². The monoisotopic (exact) mass is 252 g/mol. The average Bonchev–Trinajstić information content (AvgIpc) is 1.88. The first-order valence-corrected chi connectivity index (χ1v) is 5.78. The van der Waals surface area contributed by atoms with E-state index in [0.717, 1.165) is 0 Å². The molecule has 0 bridgehead atoms. The maximum absolute atomic E-state index is 9.16. The van der Waals surface area contributed by atoms with Crippen LogP contribution < -0.4 is 51.4 Å². The zero-order chi connectivity index (χ0) is 8.74. The maximum atomic E-state index is 9.16. The third-order valence-electron chi connectivity index (χ3n) is 0.667. The Morgan fingerprint density at radius 3 is 1.00 bits per heavy atom. The zero-order valence-electron chi connectivity index (χ0n) is 7.44. The van der Waals surface area contributed by atoms with Crippen molar-refractivity contribution >= 4 is 29.6 Å². The van der Waals surface area contributed by atoms with Crippen LogP contribution in [0.2, 0.25) is 0 Å². The summed E-state index contributed by atoms with van der Waals surface area (Å²) in [4.78, 5) is 0. The van der Waals surface area contributed by atoms with Gasteiger partial charge in [0.2, 0.25) is 0 Å². The average molecular weight is 253 g/mol. The second-order valence-electron chi connectivity index (χ2n) is 1.53. The molecule has 0 heterocycles. The van der Waals surface area contributed by atoms with E-state index >= 15 is 0 Å². The van der Waals surface area contributed by atoms with Crippen LogP contribution in [0.25, 0.3) is 0 Å². The minimum absolute atomic E-state index is 0. The Balaban J connectivity index is -0.000000136. The number of benzene rings is 1. The van der Waals surface area contributed by atoms with Gasteiger partial charge in [0.25, 0.3) is 0 Å². The molecule has 0 aliphatic rings. The van der Waals surface area contributed by atoms with Gasteiger partial charge in [-0.05, 0) is 0 Å². The summed E-state index contributed by atoms with van der Waals surface area (Å²) in [6.45, 7) is 0. The Kier molecular flexibility index (Phi) is 11.8. The van der Waals surface area contributed by atoms with E-state index in [1.54, 1.807) is 0 Å². The summed E-state index contributed by atoms with van der Waals surface area (Å²) in [6, 6.07) is 12.0. The quantitative estimate of drug-likeness (QED) is 0.462. The Morgan fingerprint density at radius 1 is 0.833 bits per heavy atom. The predicted octanol–water partition coefficient (Wildman–Crippen LogP) is -0.488. The van der Waals surface area contributed by atoms with Crippen LogP contribution in [0.1, 0.15) is 1.43 Å². The predicted molar refractivity (Wildman–Crippen MR) is 48.2 cm³/mol. The maximum Gasteiger partial charge on any atom is 1.00 e. The second-order valence-corrected chi connectivity index (χ2v) is 5.20. The molecule has 0 aromatic heterocycles. The normalized spacial score (nSPS) is 8.83. The van der Waals surface area contributed by atoms with Crippen LogP contribution in [0.5, 0.6) is 0 Å². The minimum atomic E-state index is -3.72. The Bertz CT molecular complexity index is 245.